The lowest BCUT2D eigenvalue weighted by Gasteiger charge is -2.20. The van der Waals surface area contributed by atoms with Crippen molar-refractivity contribution >= 4 is 17.8 Å². The SMILES string of the molecule is Cc1cc(C)n(CCCNC(=O)CN2C(=O)NC(C)(C3CC3)C2=O)n1. The van der Waals surface area contributed by atoms with Gasteiger partial charge in [0.05, 0.1) is 5.69 Å². The van der Waals surface area contributed by atoms with Crippen molar-refractivity contribution in [1.29, 1.82) is 0 Å². The molecule has 3 rings (SSSR count). The molecular weight excluding hydrogens is 322 g/mol. The highest BCUT2D eigenvalue weighted by molar-refractivity contribution is 6.09. The zero-order chi connectivity index (χ0) is 18.2. The Morgan fingerprint density at radius 3 is 2.72 bits per heavy atom. The fourth-order valence-corrected chi connectivity index (χ4v) is 3.35. The summed E-state index contributed by atoms with van der Waals surface area (Å²) in [5.41, 5.74) is 1.22. The van der Waals surface area contributed by atoms with E-state index in [1.54, 1.807) is 6.92 Å². The van der Waals surface area contributed by atoms with Gasteiger partial charge in [0.2, 0.25) is 5.91 Å². The van der Waals surface area contributed by atoms with Gasteiger partial charge in [0.25, 0.3) is 5.91 Å². The van der Waals surface area contributed by atoms with Crippen LogP contribution in [0.15, 0.2) is 6.07 Å². The number of aryl methyl sites for hydroxylation is 3. The smallest absolute Gasteiger partial charge is 0.325 e. The molecule has 136 valence electrons. The number of nitrogens with one attached hydrogen (secondary N) is 2. The number of amides is 4. The highest BCUT2D eigenvalue weighted by Crippen LogP contribution is 2.42. The molecule has 2 fully saturated rings. The summed E-state index contributed by atoms with van der Waals surface area (Å²) in [5.74, 6) is -0.424. The molecule has 0 bridgehead atoms. The predicted molar refractivity (Wildman–Crippen MR) is 90.7 cm³/mol. The van der Waals surface area contributed by atoms with Crippen LogP contribution in [0.5, 0.6) is 0 Å². The lowest BCUT2D eigenvalue weighted by atomic mass is 9.96. The lowest BCUT2D eigenvalue weighted by molar-refractivity contribution is -0.135. The minimum Gasteiger partial charge on any atom is -0.354 e. The van der Waals surface area contributed by atoms with Crippen molar-refractivity contribution in [3.63, 3.8) is 0 Å². The first kappa shape index (κ1) is 17.4. The third kappa shape index (κ3) is 3.52. The number of rotatable bonds is 7. The summed E-state index contributed by atoms with van der Waals surface area (Å²) in [7, 11) is 0. The van der Waals surface area contributed by atoms with E-state index in [0.29, 0.717) is 13.1 Å². The van der Waals surface area contributed by atoms with E-state index >= 15 is 0 Å². The maximum Gasteiger partial charge on any atom is 0.325 e. The summed E-state index contributed by atoms with van der Waals surface area (Å²) in [6, 6.07) is 1.53. The van der Waals surface area contributed by atoms with Crippen LogP contribution in [-0.2, 0) is 16.1 Å². The Morgan fingerprint density at radius 1 is 1.40 bits per heavy atom. The summed E-state index contributed by atoms with van der Waals surface area (Å²) in [6.45, 7) is 6.64. The molecule has 4 amide bonds. The van der Waals surface area contributed by atoms with Gasteiger partial charge < -0.3 is 10.6 Å². The summed E-state index contributed by atoms with van der Waals surface area (Å²) >= 11 is 0. The van der Waals surface area contributed by atoms with Crippen molar-refractivity contribution in [2.24, 2.45) is 5.92 Å². The fraction of sp³-hybridized carbons (Fsp3) is 0.647. The van der Waals surface area contributed by atoms with E-state index in [1.807, 2.05) is 24.6 Å². The minimum absolute atomic E-state index is 0.192. The van der Waals surface area contributed by atoms with Crippen LogP contribution in [0.25, 0.3) is 0 Å². The molecule has 1 aromatic heterocycles. The van der Waals surface area contributed by atoms with Crippen molar-refractivity contribution < 1.29 is 14.4 Å². The minimum atomic E-state index is -0.840. The molecule has 1 unspecified atom stereocenters. The molecular formula is C17H25N5O3. The van der Waals surface area contributed by atoms with Gasteiger partial charge in [-0.25, -0.2) is 4.79 Å². The Labute approximate surface area is 146 Å². The average molecular weight is 347 g/mol. The monoisotopic (exact) mass is 347 g/mol. The first-order valence-electron chi connectivity index (χ1n) is 8.73. The van der Waals surface area contributed by atoms with E-state index < -0.39 is 11.6 Å². The normalized spacial score (nSPS) is 23.1. The van der Waals surface area contributed by atoms with Crippen molar-refractivity contribution in [3.05, 3.63) is 17.5 Å². The summed E-state index contributed by atoms with van der Waals surface area (Å²) in [4.78, 5) is 37.6. The molecule has 2 aliphatic rings. The van der Waals surface area contributed by atoms with Gasteiger partial charge >= 0.3 is 6.03 Å². The molecule has 0 radical (unpaired) electrons. The lowest BCUT2D eigenvalue weighted by Crippen LogP contribution is -2.47. The number of imide groups is 1. The van der Waals surface area contributed by atoms with E-state index in [0.717, 1.165) is 35.6 Å². The largest absolute Gasteiger partial charge is 0.354 e. The van der Waals surface area contributed by atoms with Crippen molar-refractivity contribution in [2.45, 2.75) is 52.1 Å². The number of carbonyl (C=O) groups is 3. The van der Waals surface area contributed by atoms with Gasteiger partial charge in [0.1, 0.15) is 12.1 Å². The van der Waals surface area contributed by atoms with E-state index in [-0.39, 0.29) is 24.3 Å². The van der Waals surface area contributed by atoms with Crippen LogP contribution in [-0.4, -0.2) is 51.2 Å². The molecule has 8 nitrogen and oxygen atoms in total. The maximum absolute atomic E-state index is 12.5. The first-order valence-corrected chi connectivity index (χ1v) is 8.73. The number of hydrogen-bond donors (Lipinski definition) is 2. The van der Waals surface area contributed by atoms with Gasteiger partial charge in [-0.3, -0.25) is 19.2 Å². The number of hydrogen-bond acceptors (Lipinski definition) is 4. The van der Waals surface area contributed by atoms with Crippen LogP contribution in [0.4, 0.5) is 4.79 Å². The summed E-state index contributed by atoms with van der Waals surface area (Å²) < 4.78 is 1.90. The first-order chi connectivity index (χ1) is 11.8. The van der Waals surface area contributed by atoms with Crippen LogP contribution >= 0.6 is 0 Å². The van der Waals surface area contributed by atoms with Crippen LogP contribution in [0.3, 0.4) is 0 Å². The number of aromatic nitrogens is 2. The summed E-state index contributed by atoms with van der Waals surface area (Å²) in [6.07, 6.45) is 2.61. The summed E-state index contributed by atoms with van der Waals surface area (Å²) in [5, 5.41) is 9.87. The van der Waals surface area contributed by atoms with E-state index in [1.165, 1.54) is 0 Å². The molecule has 1 saturated heterocycles. The van der Waals surface area contributed by atoms with Gasteiger partial charge in [-0.05, 0) is 52.0 Å². The van der Waals surface area contributed by atoms with Gasteiger partial charge in [0, 0.05) is 18.8 Å². The van der Waals surface area contributed by atoms with Crippen LogP contribution in [0.2, 0.25) is 0 Å². The highest BCUT2D eigenvalue weighted by atomic mass is 16.2. The second-order valence-electron chi connectivity index (χ2n) is 7.15. The Balaban J connectivity index is 1.44. The number of carbonyl (C=O) groups excluding carboxylic acids is 3. The van der Waals surface area contributed by atoms with Crippen molar-refractivity contribution in [1.82, 2.24) is 25.3 Å². The van der Waals surface area contributed by atoms with E-state index in [2.05, 4.69) is 15.7 Å². The second-order valence-corrected chi connectivity index (χ2v) is 7.15. The molecule has 8 heteroatoms. The van der Waals surface area contributed by atoms with Crippen LogP contribution in [0, 0.1) is 19.8 Å². The predicted octanol–water partition coefficient (Wildman–Crippen LogP) is 0.727. The Kier molecular flexibility index (Phi) is 4.53. The Bertz CT molecular complexity index is 709. The number of nitrogens with zero attached hydrogens (tertiary/aromatic N) is 3. The third-order valence-electron chi connectivity index (χ3n) is 4.97. The van der Waals surface area contributed by atoms with Gasteiger partial charge in [-0.2, -0.15) is 5.10 Å². The molecule has 1 aliphatic carbocycles. The van der Waals surface area contributed by atoms with Gasteiger partial charge in [0.15, 0.2) is 0 Å². The van der Waals surface area contributed by atoms with E-state index in [9.17, 15) is 14.4 Å². The molecule has 1 atom stereocenters. The molecule has 0 aromatic carbocycles. The Morgan fingerprint density at radius 2 is 2.12 bits per heavy atom. The van der Waals surface area contributed by atoms with E-state index in [4.69, 9.17) is 0 Å². The zero-order valence-corrected chi connectivity index (χ0v) is 15.0. The molecule has 1 saturated carbocycles. The molecule has 2 N–H and O–H groups in total. The average Bonchev–Trinajstić information content (AvgIpc) is 3.31. The third-order valence-corrected chi connectivity index (χ3v) is 4.97. The van der Waals surface area contributed by atoms with Gasteiger partial charge in [-0.15, -0.1) is 0 Å². The fourth-order valence-electron chi connectivity index (χ4n) is 3.35. The topological polar surface area (TPSA) is 96.3 Å². The van der Waals surface area contributed by atoms with Crippen LogP contribution in [0.1, 0.15) is 37.6 Å². The molecule has 1 aromatic rings. The maximum atomic E-state index is 12.5. The molecule has 25 heavy (non-hydrogen) atoms. The zero-order valence-electron chi connectivity index (χ0n) is 15.0. The molecule has 0 spiro atoms. The standard InChI is InChI=1S/C17H25N5O3/c1-11-9-12(2)22(20-11)8-4-7-18-14(23)10-21-15(24)17(3,13-5-6-13)19-16(21)25/h9,13H,4-8,10H2,1-3H3,(H,18,23)(H,19,25). The molecule has 1 aliphatic heterocycles. The van der Waals surface area contributed by atoms with Crippen molar-refractivity contribution in [2.75, 3.05) is 13.1 Å². The highest BCUT2D eigenvalue weighted by Gasteiger charge is 2.56. The molecule has 2 heterocycles. The van der Waals surface area contributed by atoms with Gasteiger partial charge in [-0.1, -0.05) is 0 Å². The quantitative estimate of drug-likeness (QED) is 0.561. The van der Waals surface area contributed by atoms with Crippen LogP contribution < -0.4 is 10.6 Å². The number of urea groups is 1. The van der Waals surface area contributed by atoms with Crippen molar-refractivity contribution in [3.8, 4) is 0 Å². The Hall–Kier alpha value is -2.38. The second kappa shape index (κ2) is 6.50.